The van der Waals surface area contributed by atoms with Gasteiger partial charge in [-0.05, 0) is 48.4 Å². The molecule has 0 radical (unpaired) electrons. The monoisotopic (exact) mass is 356 g/mol. The molecule has 0 aliphatic carbocycles. The van der Waals surface area contributed by atoms with E-state index < -0.39 is 0 Å². The Morgan fingerprint density at radius 1 is 1.12 bits per heavy atom. The van der Waals surface area contributed by atoms with Crippen molar-refractivity contribution in [1.29, 1.82) is 0 Å². The van der Waals surface area contributed by atoms with Gasteiger partial charge in [-0.2, -0.15) is 0 Å². The zero-order valence-corrected chi connectivity index (χ0v) is 14.2. The number of benzene rings is 1. The van der Waals surface area contributed by atoms with Crippen molar-refractivity contribution in [2.75, 3.05) is 11.9 Å². The first kappa shape index (κ1) is 17.0. The standard InChI is InChI=1S/C18H17ClN4O2/c19-14-4-1-3-13(11-14)8-9-20-17-7-6-16(22-23-17)18(24)21-12-15-5-2-10-25-15/h1-7,10-11H,8-9,12H2,(H,20,23)(H,21,24). The Bertz CT molecular complexity index is 819. The van der Waals surface area contributed by atoms with E-state index in [1.165, 1.54) is 0 Å². The van der Waals surface area contributed by atoms with E-state index in [1.807, 2.05) is 24.3 Å². The lowest BCUT2D eigenvalue weighted by Crippen LogP contribution is -2.24. The van der Waals surface area contributed by atoms with E-state index >= 15 is 0 Å². The van der Waals surface area contributed by atoms with Crippen LogP contribution >= 0.6 is 11.6 Å². The second-order valence-corrected chi connectivity index (χ2v) is 5.81. The third-order valence-corrected chi connectivity index (χ3v) is 3.74. The number of rotatable bonds is 7. The van der Waals surface area contributed by atoms with Gasteiger partial charge >= 0.3 is 0 Å². The van der Waals surface area contributed by atoms with Gasteiger partial charge in [-0.25, -0.2) is 0 Å². The number of hydrogen-bond donors (Lipinski definition) is 2. The summed E-state index contributed by atoms with van der Waals surface area (Å²) in [6, 6.07) is 14.6. The largest absolute Gasteiger partial charge is 0.467 e. The number of aromatic nitrogens is 2. The molecule has 25 heavy (non-hydrogen) atoms. The van der Waals surface area contributed by atoms with Crippen LogP contribution in [0.25, 0.3) is 0 Å². The molecule has 128 valence electrons. The fourth-order valence-electron chi connectivity index (χ4n) is 2.25. The molecule has 3 rings (SSSR count). The molecule has 0 aliphatic rings. The Kier molecular flexibility index (Phi) is 5.64. The first-order chi connectivity index (χ1) is 12.2. The summed E-state index contributed by atoms with van der Waals surface area (Å²) in [7, 11) is 0. The SMILES string of the molecule is O=C(NCc1ccco1)c1ccc(NCCc2cccc(Cl)c2)nn1. The summed E-state index contributed by atoms with van der Waals surface area (Å²) in [5, 5.41) is 14.6. The van der Waals surface area contributed by atoms with Crippen LogP contribution in [0.2, 0.25) is 5.02 Å². The zero-order chi connectivity index (χ0) is 17.5. The van der Waals surface area contributed by atoms with Crippen molar-refractivity contribution >= 4 is 23.3 Å². The van der Waals surface area contributed by atoms with Crippen molar-refractivity contribution < 1.29 is 9.21 Å². The second kappa shape index (κ2) is 8.30. The molecule has 0 aliphatic heterocycles. The van der Waals surface area contributed by atoms with Crippen LogP contribution < -0.4 is 10.6 Å². The molecule has 0 spiro atoms. The van der Waals surface area contributed by atoms with Gasteiger partial charge in [-0.1, -0.05) is 23.7 Å². The Morgan fingerprint density at radius 2 is 2.04 bits per heavy atom. The normalized spacial score (nSPS) is 10.4. The molecule has 1 aromatic carbocycles. The quantitative estimate of drug-likeness (QED) is 0.679. The average molecular weight is 357 g/mol. The Balaban J connectivity index is 1.47. The molecule has 1 amide bonds. The second-order valence-electron chi connectivity index (χ2n) is 5.37. The van der Waals surface area contributed by atoms with Crippen molar-refractivity contribution in [3.8, 4) is 0 Å². The highest BCUT2D eigenvalue weighted by Crippen LogP contribution is 2.11. The Hall–Kier alpha value is -2.86. The zero-order valence-electron chi connectivity index (χ0n) is 13.4. The van der Waals surface area contributed by atoms with Crippen molar-refractivity contribution in [2.24, 2.45) is 0 Å². The van der Waals surface area contributed by atoms with Gasteiger partial charge in [0.05, 0.1) is 12.8 Å². The number of nitrogens with one attached hydrogen (secondary N) is 2. The summed E-state index contributed by atoms with van der Waals surface area (Å²) in [4.78, 5) is 12.0. The molecule has 6 nitrogen and oxygen atoms in total. The lowest BCUT2D eigenvalue weighted by atomic mass is 10.1. The van der Waals surface area contributed by atoms with E-state index in [0.29, 0.717) is 24.7 Å². The summed E-state index contributed by atoms with van der Waals surface area (Å²) in [5.74, 6) is 1.000. The molecule has 3 aromatic rings. The van der Waals surface area contributed by atoms with Gasteiger partial charge in [-0.15, -0.1) is 10.2 Å². The minimum absolute atomic E-state index is 0.256. The van der Waals surface area contributed by atoms with E-state index in [0.717, 1.165) is 17.0 Å². The number of halogens is 1. The van der Waals surface area contributed by atoms with Crippen molar-refractivity contribution in [3.05, 3.63) is 76.8 Å². The first-order valence-corrected chi connectivity index (χ1v) is 8.21. The number of anilines is 1. The highest BCUT2D eigenvalue weighted by molar-refractivity contribution is 6.30. The number of furan rings is 1. The summed E-state index contributed by atoms with van der Waals surface area (Å²) in [5.41, 5.74) is 1.40. The smallest absolute Gasteiger partial charge is 0.272 e. The number of carbonyl (C=O) groups is 1. The van der Waals surface area contributed by atoms with Crippen LogP contribution in [0, 0.1) is 0 Å². The van der Waals surface area contributed by atoms with Crippen LogP contribution in [0.3, 0.4) is 0 Å². The molecule has 0 unspecified atom stereocenters. The predicted molar refractivity (Wildman–Crippen MR) is 95.6 cm³/mol. The molecule has 2 aromatic heterocycles. The summed E-state index contributed by atoms with van der Waals surface area (Å²) < 4.78 is 5.16. The molecule has 2 N–H and O–H groups in total. The fourth-order valence-corrected chi connectivity index (χ4v) is 2.46. The van der Waals surface area contributed by atoms with Gasteiger partial charge in [0.25, 0.3) is 5.91 Å². The van der Waals surface area contributed by atoms with Crippen LogP contribution in [0.4, 0.5) is 5.82 Å². The summed E-state index contributed by atoms with van der Waals surface area (Å²) >= 11 is 5.96. The Morgan fingerprint density at radius 3 is 2.76 bits per heavy atom. The molecule has 2 heterocycles. The highest BCUT2D eigenvalue weighted by Gasteiger charge is 2.08. The van der Waals surface area contributed by atoms with Crippen LogP contribution in [-0.2, 0) is 13.0 Å². The lowest BCUT2D eigenvalue weighted by Gasteiger charge is -2.06. The van der Waals surface area contributed by atoms with Crippen LogP contribution in [0.15, 0.2) is 59.2 Å². The molecular formula is C18H17ClN4O2. The number of nitrogens with zero attached hydrogens (tertiary/aromatic N) is 2. The van der Waals surface area contributed by atoms with Crippen molar-refractivity contribution in [1.82, 2.24) is 15.5 Å². The number of amides is 1. The van der Waals surface area contributed by atoms with Gasteiger partial charge in [0, 0.05) is 11.6 Å². The highest BCUT2D eigenvalue weighted by atomic mass is 35.5. The van der Waals surface area contributed by atoms with Crippen molar-refractivity contribution in [2.45, 2.75) is 13.0 Å². The van der Waals surface area contributed by atoms with Crippen LogP contribution in [0.5, 0.6) is 0 Å². The van der Waals surface area contributed by atoms with E-state index in [1.54, 1.807) is 30.5 Å². The maximum absolute atomic E-state index is 12.0. The van der Waals surface area contributed by atoms with E-state index in [2.05, 4.69) is 20.8 Å². The number of hydrogen-bond acceptors (Lipinski definition) is 5. The topological polar surface area (TPSA) is 80.0 Å². The van der Waals surface area contributed by atoms with E-state index in [-0.39, 0.29) is 11.6 Å². The molecule has 0 fully saturated rings. The van der Waals surface area contributed by atoms with Gasteiger partial charge < -0.3 is 15.1 Å². The summed E-state index contributed by atoms with van der Waals surface area (Å²) in [6.45, 7) is 1.01. The minimum Gasteiger partial charge on any atom is -0.467 e. The minimum atomic E-state index is -0.297. The van der Waals surface area contributed by atoms with Crippen LogP contribution in [-0.4, -0.2) is 22.6 Å². The molecule has 0 saturated carbocycles. The van der Waals surface area contributed by atoms with Crippen LogP contribution in [0.1, 0.15) is 21.8 Å². The van der Waals surface area contributed by atoms with Gasteiger partial charge in [0.15, 0.2) is 5.69 Å². The van der Waals surface area contributed by atoms with E-state index in [4.69, 9.17) is 16.0 Å². The van der Waals surface area contributed by atoms with Gasteiger partial charge in [0.2, 0.25) is 0 Å². The Labute approximate surface area is 150 Å². The molecule has 0 atom stereocenters. The average Bonchev–Trinajstić information content (AvgIpc) is 3.14. The fraction of sp³-hybridized carbons (Fsp3) is 0.167. The van der Waals surface area contributed by atoms with E-state index in [9.17, 15) is 4.79 Å². The molecule has 7 heteroatoms. The third kappa shape index (κ3) is 5.06. The number of carbonyl (C=O) groups excluding carboxylic acids is 1. The maximum atomic E-state index is 12.0. The summed E-state index contributed by atoms with van der Waals surface area (Å²) in [6.07, 6.45) is 2.37. The molecule has 0 bridgehead atoms. The first-order valence-electron chi connectivity index (χ1n) is 7.83. The van der Waals surface area contributed by atoms with Gasteiger partial charge in [-0.3, -0.25) is 4.79 Å². The predicted octanol–water partition coefficient (Wildman–Crippen LogP) is 3.31. The van der Waals surface area contributed by atoms with Crippen molar-refractivity contribution in [3.63, 3.8) is 0 Å². The molecule has 0 saturated heterocycles. The molecular weight excluding hydrogens is 340 g/mol. The maximum Gasteiger partial charge on any atom is 0.272 e. The lowest BCUT2D eigenvalue weighted by molar-refractivity contribution is 0.0942. The van der Waals surface area contributed by atoms with Gasteiger partial charge in [0.1, 0.15) is 11.6 Å². The third-order valence-electron chi connectivity index (χ3n) is 3.51.